The summed E-state index contributed by atoms with van der Waals surface area (Å²) in [6.07, 6.45) is 0. The van der Waals surface area contributed by atoms with Crippen molar-refractivity contribution in [2.75, 3.05) is 26.0 Å². The van der Waals surface area contributed by atoms with Gasteiger partial charge in [-0.1, -0.05) is 35.5 Å². The van der Waals surface area contributed by atoms with Crippen LogP contribution in [-0.2, 0) is 4.74 Å². The Bertz CT molecular complexity index is 1420. The van der Waals surface area contributed by atoms with Crippen LogP contribution in [0, 0.1) is 0 Å². The predicted octanol–water partition coefficient (Wildman–Crippen LogP) is 4.39. The molecule has 178 valence electrons. The van der Waals surface area contributed by atoms with Crippen molar-refractivity contribution in [1.82, 2.24) is 14.9 Å². The van der Waals surface area contributed by atoms with Crippen LogP contribution in [0.25, 0.3) is 16.6 Å². The van der Waals surface area contributed by atoms with Gasteiger partial charge in [-0.25, -0.2) is 4.98 Å². The zero-order valence-corrected chi connectivity index (χ0v) is 20.4. The van der Waals surface area contributed by atoms with E-state index in [1.807, 2.05) is 6.07 Å². The number of hydrogen-bond donors (Lipinski definition) is 1. The van der Waals surface area contributed by atoms with Crippen molar-refractivity contribution >= 4 is 46.0 Å². The van der Waals surface area contributed by atoms with E-state index in [-0.39, 0.29) is 23.0 Å². The number of hydrogen-bond acceptors (Lipinski definition) is 6. The van der Waals surface area contributed by atoms with Crippen molar-refractivity contribution in [3.05, 3.63) is 99.3 Å². The minimum Gasteiger partial charge on any atom is -0.383 e. The lowest BCUT2D eigenvalue weighted by atomic mass is 10.1. The van der Waals surface area contributed by atoms with E-state index in [4.69, 9.17) is 16.3 Å². The lowest BCUT2D eigenvalue weighted by molar-refractivity contribution is 0.0936. The van der Waals surface area contributed by atoms with Crippen LogP contribution in [0.1, 0.15) is 20.7 Å². The molecule has 0 atom stereocenters. The molecular formula is C26H22ClN3O4S. The predicted molar refractivity (Wildman–Crippen MR) is 138 cm³/mol. The number of nitrogens with zero attached hydrogens (tertiary/aromatic N) is 2. The Morgan fingerprint density at radius 3 is 2.40 bits per heavy atom. The van der Waals surface area contributed by atoms with Gasteiger partial charge < -0.3 is 10.1 Å². The molecule has 3 aromatic carbocycles. The molecule has 35 heavy (non-hydrogen) atoms. The Labute approximate surface area is 211 Å². The number of ether oxygens (including phenoxy) is 1. The van der Waals surface area contributed by atoms with E-state index in [2.05, 4.69) is 10.3 Å². The molecule has 7 nitrogen and oxygen atoms in total. The molecule has 1 aromatic heterocycles. The van der Waals surface area contributed by atoms with Gasteiger partial charge in [0.2, 0.25) is 0 Å². The number of methoxy groups -OCH3 is 1. The number of para-hydroxylation sites is 1. The number of carbonyl (C=O) groups excluding carboxylic acids is 2. The fourth-order valence-electron chi connectivity index (χ4n) is 3.42. The minimum atomic E-state index is -0.255. The topological polar surface area (TPSA) is 90.3 Å². The van der Waals surface area contributed by atoms with Gasteiger partial charge in [0.25, 0.3) is 11.5 Å². The second kappa shape index (κ2) is 11.3. The average Bonchev–Trinajstić information content (AvgIpc) is 2.88. The van der Waals surface area contributed by atoms with Crippen LogP contribution in [0.3, 0.4) is 0 Å². The molecule has 1 N–H and O–H groups in total. The summed E-state index contributed by atoms with van der Waals surface area (Å²) in [6.45, 7) is 0.810. The maximum absolute atomic E-state index is 13.4. The number of ketones is 1. The average molecular weight is 508 g/mol. The van der Waals surface area contributed by atoms with Crippen LogP contribution in [0.15, 0.2) is 82.7 Å². The third-order valence-electron chi connectivity index (χ3n) is 5.22. The normalized spacial score (nSPS) is 10.9. The highest BCUT2D eigenvalue weighted by Gasteiger charge is 2.16. The highest BCUT2D eigenvalue weighted by molar-refractivity contribution is 7.99. The van der Waals surface area contributed by atoms with Gasteiger partial charge in [0.15, 0.2) is 10.9 Å². The molecule has 0 bridgehead atoms. The first-order chi connectivity index (χ1) is 17.0. The molecule has 0 radical (unpaired) electrons. The number of benzene rings is 3. The number of rotatable bonds is 9. The van der Waals surface area contributed by atoms with Gasteiger partial charge in [0.05, 0.1) is 29.0 Å². The Morgan fingerprint density at radius 1 is 1.00 bits per heavy atom. The summed E-state index contributed by atoms with van der Waals surface area (Å²) >= 11 is 7.10. The van der Waals surface area contributed by atoms with Gasteiger partial charge in [-0.3, -0.25) is 19.0 Å². The Kier molecular flexibility index (Phi) is 7.97. The molecule has 1 heterocycles. The molecule has 0 aliphatic rings. The molecule has 0 fully saturated rings. The van der Waals surface area contributed by atoms with E-state index in [1.54, 1.807) is 73.8 Å². The molecule has 1 amide bonds. The van der Waals surface area contributed by atoms with Crippen molar-refractivity contribution in [3.8, 4) is 5.69 Å². The second-order valence-electron chi connectivity index (χ2n) is 7.57. The van der Waals surface area contributed by atoms with Crippen molar-refractivity contribution in [3.63, 3.8) is 0 Å². The molecule has 9 heteroatoms. The number of fused-ring (bicyclic) bond motifs is 1. The highest BCUT2D eigenvalue weighted by Crippen LogP contribution is 2.23. The summed E-state index contributed by atoms with van der Waals surface area (Å²) in [4.78, 5) is 43.1. The number of halogens is 1. The smallest absolute Gasteiger partial charge is 0.266 e. The van der Waals surface area contributed by atoms with Crippen LogP contribution in [0.2, 0.25) is 5.02 Å². The van der Waals surface area contributed by atoms with Gasteiger partial charge >= 0.3 is 0 Å². The number of thioether (sulfide) groups is 1. The highest BCUT2D eigenvalue weighted by atomic mass is 35.5. The standard InChI is InChI=1S/C26H22ClN3O4S/c1-34-15-14-28-24(32)18-8-12-20(13-9-18)30-25(33)21-4-2-3-5-22(21)29-26(30)35-16-23(31)17-6-10-19(27)11-7-17/h2-13H,14-16H2,1H3,(H,28,32). The van der Waals surface area contributed by atoms with Crippen molar-refractivity contribution in [2.24, 2.45) is 0 Å². The van der Waals surface area contributed by atoms with Gasteiger partial charge in [-0.05, 0) is 60.7 Å². The number of carbonyl (C=O) groups is 2. The second-order valence-corrected chi connectivity index (χ2v) is 8.95. The third-order valence-corrected chi connectivity index (χ3v) is 6.41. The van der Waals surface area contributed by atoms with Crippen molar-refractivity contribution < 1.29 is 14.3 Å². The first kappa shape index (κ1) is 24.7. The molecule has 0 spiro atoms. The molecule has 0 saturated carbocycles. The number of amides is 1. The Balaban J connectivity index is 1.66. The Hall–Kier alpha value is -3.46. The van der Waals surface area contributed by atoms with E-state index < -0.39 is 0 Å². The first-order valence-electron chi connectivity index (χ1n) is 10.8. The molecule has 4 rings (SSSR count). The van der Waals surface area contributed by atoms with Gasteiger partial charge in [0.1, 0.15) is 0 Å². The molecule has 0 aliphatic heterocycles. The van der Waals surface area contributed by atoms with Crippen LogP contribution < -0.4 is 10.9 Å². The zero-order valence-electron chi connectivity index (χ0n) is 18.9. The lowest BCUT2D eigenvalue weighted by Gasteiger charge is -2.13. The fraction of sp³-hybridized carbons (Fsp3) is 0.154. The van der Waals surface area contributed by atoms with E-state index >= 15 is 0 Å². The summed E-state index contributed by atoms with van der Waals surface area (Å²) in [5.41, 5.74) is 1.82. The number of Topliss-reactive ketones (excluding diaryl/α,β-unsaturated/α-hetero) is 1. The maximum Gasteiger partial charge on any atom is 0.266 e. The molecule has 0 unspecified atom stereocenters. The summed E-state index contributed by atoms with van der Waals surface area (Å²) in [6, 6.07) is 20.4. The summed E-state index contributed by atoms with van der Waals surface area (Å²) in [7, 11) is 1.56. The SMILES string of the molecule is COCCNC(=O)c1ccc(-n2c(SCC(=O)c3ccc(Cl)cc3)nc3ccccc3c2=O)cc1. The Morgan fingerprint density at radius 2 is 1.69 bits per heavy atom. The van der Waals surface area contributed by atoms with E-state index in [1.165, 1.54) is 16.3 Å². The largest absolute Gasteiger partial charge is 0.383 e. The van der Waals surface area contributed by atoms with Crippen LogP contribution in [0.4, 0.5) is 0 Å². The van der Waals surface area contributed by atoms with Gasteiger partial charge in [-0.15, -0.1) is 0 Å². The molecule has 0 aliphatic carbocycles. The summed E-state index contributed by atoms with van der Waals surface area (Å²) in [5, 5.41) is 4.16. The van der Waals surface area contributed by atoms with Crippen molar-refractivity contribution in [2.45, 2.75) is 5.16 Å². The quantitative estimate of drug-likeness (QED) is 0.156. The van der Waals surface area contributed by atoms with E-state index in [0.717, 1.165) is 0 Å². The third kappa shape index (κ3) is 5.79. The van der Waals surface area contributed by atoms with Crippen LogP contribution >= 0.6 is 23.4 Å². The maximum atomic E-state index is 13.4. The summed E-state index contributed by atoms with van der Waals surface area (Å²) < 4.78 is 6.41. The lowest BCUT2D eigenvalue weighted by Crippen LogP contribution is -2.27. The van der Waals surface area contributed by atoms with Crippen molar-refractivity contribution in [1.29, 1.82) is 0 Å². The minimum absolute atomic E-state index is 0.0897. The number of nitrogens with one attached hydrogen (secondary N) is 1. The summed E-state index contributed by atoms with van der Waals surface area (Å²) in [5.74, 6) is -0.253. The first-order valence-corrected chi connectivity index (χ1v) is 12.1. The van der Waals surface area contributed by atoms with Gasteiger partial charge in [-0.2, -0.15) is 0 Å². The zero-order chi connectivity index (χ0) is 24.8. The molecule has 0 saturated heterocycles. The molecule has 4 aromatic rings. The van der Waals surface area contributed by atoms with Gasteiger partial charge in [0, 0.05) is 29.8 Å². The monoisotopic (exact) mass is 507 g/mol. The fourth-order valence-corrected chi connectivity index (χ4v) is 4.45. The molecular weight excluding hydrogens is 486 g/mol. The van der Waals surface area contributed by atoms with Crippen LogP contribution in [0.5, 0.6) is 0 Å². The number of aromatic nitrogens is 2. The van der Waals surface area contributed by atoms with Crippen LogP contribution in [-0.4, -0.2) is 47.3 Å². The van der Waals surface area contributed by atoms with E-state index in [9.17, 15) is 14.4 Å². The van der Waals surface area contributed by atoms with E-state index in [0.29, 0.717) is 51.0 Å².